The predicted molar refractivity (Wildman–Crippen MR) is 61.9 cm³/mol. The van der Waals surface area contributed by atoms with Crippen LogP contribution >= 0.6 is 0 Å². The number of hydrogen-bond acceptors (Lipinski definition) is 2. The van der Waals surface area contributed by atoms with Gasteiger partial charge in [0.25, 0.3) is 5.91 Å². The molecule has 0 N–H and O–H groups in total. The van der Waals surface area contributed by atoms with Crippen LogP contribution in [0.15, 0.2) is 18.2 Å². The first kappa shape index (κ1) is 11.1. The van der Waals surface area contributed by atoms with Crippen molar-refractivity contribution in [2.24, 2.45) is 0 Å². The van der Waals surface area contributed by atoms with Crippen molar-refractivity contribution in [2.45, 2.75) is 26.7 Å². The van der Waals surface area contributed by atoms with Crippen LogP contribution in [0, 0.1) is 13.8 Å². The number of carbonyl (C=O) groups is 1. The molecule has 1 aromatic rings. The lowest BCUT2D eigenvalue weighted by Gasteiger charge is -2.14. The molecule has 0 spiro atoms. The summed E-state index contributed by atoms with van der Waals surface area (Å²) >= 11 is 0. The minimum Gasteiger partial charge on any atom is -0.272 e. The molecule has 0 radical (unpaired) electrons. The number of rotatable bonds is 2. The third-order valence-corrected chi connectivity index (χ3v) is 2.88. The van der Waals surface area contributed by atoms with Crippen LogP contribution in [0.25, 0.3) is 0 Å². The number of hydroxylamine groups is 2. The van der Waals surface area contributed by atoms with Crippen molar-refractivity contribution in [3.05, 3.63) is 34.9 Å². The molecule has 0 atom stereocenters. The van der Waals surface area contributed by atoms with Crippen molar-refractivity contribution in [1.29, 1.82) is 0 Å². The second-order valence-corrected chi connectivity index (χ2v) is 4.29. The predicted octanol–water partition coefficient (Wildman–Crippen LogP) is 2.01. The molecule has 86 valence electrons. The van der Waals surface area contributed by atoms with Gasteiger partial charge >= 0.3 is 0 Å². The van der Waals surface area contributed by atoms with E-state index >= 15 is 0 Å². The average molecular weight is 219 g/mol. The third kappa shape index (κ3) is 2.42. The third-order valence-electron chi connectivity index (χ3n) is 2.88. The lowest BCUT2D eigenvalue weighted by atomic mass is 10.0. The van der Waals surface area contributed by atoms with Gasteiger partial charge in [-0.25, -0.2) is 5.06 Å². The zero-order valence-corrected chi connectivity index (χ0v) is 9.82. The van der Waals surface area contributed by atoms with Gasteiger partial charge in [-0.1, -0.05) is 23.8 Å². The molecule has 1 aliphatic rings. The van der Waals surface area contributed by atoms with E-state index in [-0.39, 0.29) is 5.91 Å². The Bertz CT molecular complexity index is 395. The molecule has 16 heavy (non-hydrogen) atoms. The highest BCUT2D eigenvalue weighted by Gasteiger charge is 2.19. The van der Waals surface area contributed by atoms with E-state index in [9.17, 15) is 4.79 Å². The van der Waals surface area contributed by atoms with Crippen molar-refractivity contribution < 1.29 is 9.63 Å². The van der Waals surface area contributed by atoms with Crippen molar-refractivity contribution in [3.8, 4) is 0 Å². The van der Waals surface area contributed by atoms with Gasteiger partial charge in [0.05, 0.1) is 19.6 Å². The maximum Gasteiger partial charge on any atom is 0.250 e. The first-order valence-corrected chi connectivity index (χ1v) is 5.66. The summed E-state index contributed by atoms with van der Waals surface area (Å²) in [6.07, 6.45) is 1.38. The van der Waals surface area contributed by atoms with Crippen LogP contribution in [0.4, 0.5) is 0 Å². The Hall–Kier alpha value is -1.35. The van der Waals surface area contributed by atoms with Crippen LogP contribution < -0.4 is 0 Å². The highest BCUT2D eigenvalue weighted by Crippen LogP contribution is 2.14. The van der Waals surface area contributed by atoms with Crippen LogP contribution in [0.2, 0.25) is 0 Å². The van der Waals surface area contributed by atoms with Gasteiger partial charge in [-0.3, -0.25) is 9.63 Å². The van der Waals surface area contributed by atoms with Gasteiger partial charge in [0, 0.05) is 0 Å². The molecular formula is C13H17NO2. The van der Waals surface area contributed by atoms with E-state index < -0.39 is 0 Å². The Balaban J connectivity index is 2.07. The molecule has 3 nitrogen and oxygen atoms in total. The maximum atomic E-state index is 11.9. The molecule has 1 saturated heterocycles. The average Bonchev–Trinajstić information content (AvgIpc) is 2.76. The Labute approximate surface area is 96.0 Å². The molecule has 2 rings (SSSR count). The van der Waals surface area contributed by atoms with Crippen molar-refractivity contribution in [1.82, 2.24) is 5.06 Å². The van der Waals surface area contributed by atoms with E-state index in [1.807, 2.05) is 13.8 Å². The molecule has 1 amide bonds. The second kappa shape index (κ2) is 4.66. The fraction of sp³-hybridized carbons (Fsp3) is 0.462. The summed E-state index contributed by atoms with van der Waals surface area (Å²) in [4.78, 5) is 17.1. The molecule has 3 heteroatoms. The summed E-state index contributed by atoms with van der Waals surface area (Å²) in [5.74, 6) is 0.0613. The topological polar surface area (TPSA) is 29.5 Å². The lowest BCUT2D eigenvalue weighted by Crippen LogP contribution is -2.28. The fourth-order valence-electron chi connectivity index (χ4n) is 1.89. The Kier molecular flexibility index (Phi) is 3.25. The second-order valence-electron chi connectivity index (χ2n) is 4.29. The number of hydrogen-bond donors (Lipinski definition) is 0. The molecule has 1 heterocycles. The smallest absolute Gasteiger partial charge is 0.250 e. The van der Waals surface area contributed by atoms with Gasteiger partial charge in [-0.05, 0) is 31.4 Å². The summed E-state index contributed by atoms with van der Waals surface area (Å²) in [5, 5.41) is 1.49. The molecule has 0 bridgehead atoms. The summed E-state index contributed by atoms with van der Waals surface area (Å²) in [5.41, 5.74) is 3.45. The van der Waals surface area contributed by atoms with Crippen molar-refractivity contribution in [3.63, 3.8) is 0 Å². The molecule has 1 fully saturated rings. The highest BCUT2D eigenvalue weighted by atomic mass is 16.7. The molecular weight excluding hydrogens is 202 g/mol. The molecule has 0 saturated carbocycles. The van der Waals surface area contributed by atoms with Gasteiger partial charge in [-0.2, -0.15) is 0 Å². The van der Waals surface area contributed by atoms with E-state index in [1.54, 1.807) is 0 Å². The van der Waals surface area contributed by atoms with Crippen LogP contribution in [0.1, 0.15) is 23.1 Å². The lowest BCUT2D eigenvalue weighted by molar-refractivity contribution is -0.167. The first-order valence-electron chi connectivity index (χ1n) is 5.66. The van der Waals surface area contributed by atoms with E-state index in [0.29, 0.717) is 13.0 Å². The minimum atomic E-state index is 0.0613. The number of benzene rings is 1. The molecule has 0 aromatic heterocycles. The van der Waals surface area contributed by atoms with Crippen LogP contribution in [-0.2, 0) is 16.1 Å². The van der Waals surface area contributed by atoms with Gasteiger partial charge in [-0.15, -0.1) is 0 Å². The van der Waals surface area contributed by atoms with E-state index in [1.165, 1.54) is 10.6 Å². The first-order chi connectivity index (χ1) is 7.66. The van der Waals surface area contributed by atoms with Crippen LogP contribution in [0.5, 0.6) is 0 Å². The minimum absolute atomic E-state index is 0.0613. The van der Waals surface area contributed by atoms with E-state index in [0.717, 1.165) is 24.1 Å². The number of nitrogens with zero attached hydrogens (tertiary/aromatic N) is 1. The van der Waals surface area contributed by atoms with Crippen LogP contribution in [0.3, 0.4) is 0 Å². The van der Waals surface area contributed by atoms with Gasteiger partial charge in [0.1, 0.15) is 0 Å². The van der Waals surface area contributed by atoms with Crippen LogP contribution in [-0.4, -0.2) is 24.1 Å². The zero-order valence-electron chi connectivity index (χ0n) is 9.82. The van der Waals surface area contributed by atoms with Crippen molar-refractivity contribution >= 4 is 5.91 Å². The Morgan fingerprint density at radius 1 is 1.44 bits per heavy atom. The van der Waals surface area contributed by atoms with Gasteiger partial charge < -0.3 is 0 Å². The van der Waals surface area contributed by atoms with Gasteiger partial charge in [0.15, 0.2) is 0 Å². The summed E-state index contributed by atoms with van der Waals surface area (Å²) in [7, 11) is 0. The number of amides is 1. The van der Waals surface area contributed by atoms with Crippen molar-refractivity contribution in [2.75, 3.05) is 13.2 Å². The Morgan fingerprint density at radius 3 is 2.94 bits per heavy atom. The summed E-state index contributed by atoms with van der Waals surface area (Å²) in [6, 6.07) is 6.20. The molecule has 0 unspecified atom stereocenters. The zero-order chi connectivity index (χ0) is 11.5. The molecule has 1 aromatic carbocycles. The molecule has 0 aliphatic carbocycles. The van der Waals surface area contributed by atoms with E-state index in [4.69, 9.17) is 4.84 Å². The summed E-state index contributed by atoms with van der Waals surface area (Å²) in [6.45, 7) is 5.47. The number of carbonyl (C=O) groups excluding carboxylic acids is 1. The quantitative estimate of drug-likeness (QED) is 0.761. The maximum absolute atomic E-state index is 11.9. The SMILES string of the molecule is Cc1ccc(C)c(CC(=O)N2CCCO2)c1. The normalized spacial score (nSPS) is 15.5. The fourth-order valence-corrected chi connectivity index (χ4v) is 1.89. The summed E-state index contributed by atoms with van der Waals surface area (Å²) < 4.78 is 0. The monoisotopic (exact) mass is 219 g/mol. The molecule has 1 aliphatic heterocycles. The van der Waals surface area contributed by atoms with E-state index in [2.05, 4.69) is 18.2 Å². The van der Waals surface area contributed by atoms with Gasteiger partial charge in [0.2, 0.25) is 0 Å². The standard InChI is InChI=1S/C13H17NO2/c1-10-4-5-11(2)12(8-10)9-13(15)14-6-3-7-16-14/h4-5,8H,3,6-7,9H2,1-2H3. The highest BCUT2D eigenvalue weighted by molar-refractivity contribution is 5.78. The Morgan fingerprint density at radius 2 is 2.25 bits per heavy atom. The number of aryl methyl sites for hydroxylation is 2. The largest absolute Gasteiger partial charge is 0.272 e.